The average Bonchev–Trinajstić information content (AvgIpc) is 3.00. The van der Waals surface area contributed by atoms with E-state index in [1.165, 1.54) is 38.6 Å². The lowest BCUT2D eigenvalue weighted by molar-refractivity contribution is 0.166. The Balaban J connectivity index is 2.42. The Morgan fingerprint density at radius 2 is 2.00 bits per heavy atom. The third kappa shape index (κ3) is 4.52. The van der Waals surface area contributed by atoms with E-state index in [2.05, 4.69) is 25.7 Å². The first-order valence-corrected chi connectivity index (χ1v) is 6.64. The summed E-state index contributed by atoms with van der Waals surface area (Å²) in [6, 6.07) is 1.49. The predicted octanol–water partition coefficient (Wildman–Crippen LogP) is 2.62. The normalized spacial score (nSPS) is 18.8. The molecule has 1 aliphatic rings. The van der Waals surface area contributed by atoms with Crippen LogP contribution in [0.2, 0.25) is 0 Å². The van der Waals surface area contributed by atoms with Crippen molar-refractivity contribution in [1.29, 1.82) is 0 Å². The maximum Gasteiger partial charge on any atom is 0.0223 e. The second-order valence-corrected chi connectivity index (χ2v) is 5.34. The minimum Gasteiger partial charge on any atom is -0.329 e. The molecule has 15 heavy (non-hydrogen) atoms. The molecule has 0 aromatic heterocycles. The number of nitrogens with zero attached hydrogens (tertiary/aromatic N) is 1. The molecule has 1 aliphatic carbocycles. The molecule has 0 saturated heterocycles. The third-order valence-corrected chi connectivity index (χ3v) is 3.27. The highest BCUT2D eigenvalue weighted by atomic mass is 15.2. The lowest BCUT2D eigenvalue weighted by Crippen LogP contribution is -2.43. The van der Waals surface area contributed by atoms with Gasteiger partial charge in [-0.1, -0.05) is 27.2 Å². The lowest BCUT2D eigenvalue weighted by atomic mass is 10.0. The van der Waals surface area contributed by atoms with E-state index in [4.69, 9.17) is 5.73 Å². The van der Waals surface area contributed by atoms with Crippen molar-refractivity contribution < 1.29 is 0 Å². The van der Waals surface area contributed by atoms with Crippen molar-refractivity contribution in [3.63, 3.8) is 0 Å². The molecule has 2 heteroatoms. The van der Waals surface area contributed by atoms with Gasteiger partial charge in [0.25, 0.3) is 0 Å². The van der Waals surface area contributed by atoms with Crippen LogP contribution in [0, 0.1) is 5.92 Å². The maximum atomic E-state index is 5.92. The molecule has 0 bridgehead atoms. The lowest BCUT2D eigenvalue weighted by Gasteiger charge is -2.32. The molecule has 0 aromatic rings. The van der Waals surface area contributed by atoms with Gasteiger partial charge in [-0.15, -0.1) is 0 Å². The molecule has 0 aliphatic heterocycles. The number of hydrogen-bond donors (Lipinski definition) is 1. The SMILES string of the molecule is CCCCN(C1CC1)C(CN)CC(C)C. The van der Waals surface area contributed by atoms with Crippen LogP contribution in [0.5, 0.6) is 0 Å². The summed E-state index contributed by atoms with van der Waals surface area (Å²) in [7, 11) is 0. The first kappa shape index (κ1) is 13.0. The minimum atomic E-state index is 0.629. The zero-order chi connectivity index (χ0) is 11.3. The first-order valence-electron chi connectivity index (χ1n) is 6.64. The van der Waals surface area contributed by atoms with Crippen LogP contribution in [-0.4, -0.2) is 30.1 Å². The van der Waals surface area contributed by atoms with Crippen molar-refractivity contribution in [3.8, 4) is 0 Å². The molecule has 90 valence electrons. The Bertz CT molecular complexity index is 164. The Morgan fingerprint density at radius 1 is 1.33 bits per heavy atom. The highest BCUT2D eigenvalue weighted by Crippen LogP contribution is 2.30. The van der Waals surface area contributed by atoms with E-state index in [0.717, 1.165) is 18.5 Å². The van der Waals surface area contributed by atoms with Gasteiger partial charge in [0, 0.05) is 18.6 Å². The molecule has 0 radical (unpaired) electrons. The monoisotopic (exact) mass is 212 g/mol. The topological polar surface area (TPSA) is 29.3 Å². The molecule has 0 amide bonds. The van der Waals surface area contributed by atoms with E-state index in [0.29, 0.717) is 6.04 Å². The van der Waals surface area contributed by atoms with Gasteiger partial charge in [0.1, 0.15) is 0 Å². The molecule has 2 N–H and O–H groups in total. The molecule has 1 atom stereocenters. The van der Waals surface area contributed by atoms with E-state index in [1.807, 2.05) is 0 Å². The van der Waals surface area contributed by atoms with Gasteiger partial charge in [0.2, 0.25) is 0 Å². The Labute approximate surface area is 95.2 Å². The predicted molar refractivity (Wildman–Crippen MR) is 66.9 cm³/mol. The van der Waals surface area contributed by atoms with E-state index in [1.54, 1.807) is 0 Å². The van der Waals surface area contributed by atoms with Crippen molar-refractivity contribution in [2.75, 3.05) is 13.1 Å². The quantitative estimate of drug-likeness (QED) is 0.670. The van der Waals surface area contributed by atoms with E-state index >= 15 is 0 Å². The maximum absolute atomic E-state index is 5.92. The van der Waals surface area contributed by atoms with Crippen LogP contribution in [0.15, 0.2) is 0 Å². The van der Waals surface area contributed by atoms with Gasteiger partial charge in [-0.05, 0) is 38.1 Å². The third-order valence-electron chi connectivity index (χ3n) is 3.27. The van der Waals surface area contributed by atoms with Crippen molar-refractivity contribution in [2.45, 2.75) is 65.0 Å². The van der Waals surface area contributed by atoms with Crippen LogP contribution in [0.4, 0.5) is 0 Å². The largest absolute Gasteiger partial charge is 0.329 e. The zero-order valence-electron chi connectivity index (χ0n) is 10.7. The fourth-order valence-electron chi connectivity index (χ4n) is 2.32. The number of rotatable bonds is 8. The summed E-state index contributed by atoms with van der Waals surface area (Å²) in [5, 5.41) is 0. The van der Waals surface area contributed by atoms with Gasteiger partial charge in [-0.3, -0.25) is 4.90 Å². The van der Waals surface area contributed by atoms with E-state index in [-0.39, 0.29) is 0 Å². The molecule has 1 saturated carbocycles. The van der Waals surface area contributed by atoms with Gasteiger partial charge >= 0.3 is 0 Å². The molecular weight excluding hydrogens is 184 g/mol. The number of hydrogen-bond acceptors (Lipinski definition) is 2. The van der Waals surface area contributed by atoms with E-state index in [9.17, 15) is 0 Å². The van der Waals surface area contributed by atoms with Crippen LogP contribution in [-0.2, 0) is 0 Å². The molecule has 0 heterocycles. The molecule has 1 fully saturated rings. The fraction of sp³-hybridized carbons (Fsp3) is 1.00. The summed E-state index contributed by atoms with van der Waals surface area (Å²) in [5.74, 6) is 0.765. The van der Waals surface area contributed by atoms with Gasteiger partial charge in [0.05, 0.1) is 0 Å². The van der Waals surface area contributed by atoms with Crippen LogP contribution in [0.25, 0.3) is 0 Å². The molecule has 1 unspecified atom stereocenters. The van der Waals surface area contributed by atoms with Gasteiger partial charge in [-0.25, -0.2) is 0 Å². The van der Waals surface area contributed by atoms with Gasteiger partial charge < -0.3 is 5.73 Å². The molecule has 0 aromatic carbocycles. The van der Waals surface area contributed by atoms with E-state index < -0.39 is 0 Å². The van der Waals surface area contributed by atoms with Crippen LogP contribution >= 0.6 is 0 Å². The van der Waals surface area contributed by atoms with Crippen LogP contribution in [0.3, 0.4) is 0 Å². The van der Waals surface area contributed by atoms with Crippen molar-refractivity contribution in [3.05, 3.63) is 0 Å². The first-order chi connectivity index (χ1) is 7.19. The Hall–Kier alpha value is -0.0800. The highest BCUT2D eigenvalue weighted by molar-refractivity contribution is 4.89. The van der Waals surface area contributed by atoms with Crippen molar-refractivity contribution >= 4 is 0 Å². The second-order valence-electron chi connectivity index (χ2n) is 5.34. The molecule has 0 spiro atoms. The summed E-state index contributed by atoms with van der Waals surface area (Å²) in [4.78, 5) is 2.68. The minimum absolute atomic E-state index is 0.629. The van der Waals surface area contributed by atoms with Crippen LogP contribution in [0.1, 0.15) is 52.9 Å². The van der Waals surface area contributed by atoms with Crippen LogP contribution < -0.4 is 5.73 Å². The summed E-state index contributed by atoms with van der Waals surface area (Å²) in [6.45, 7) is 8.96. The van der Waals surface area contributed by atoms with Gasteiger partial charge in [-0.2, -0.15) is 0 Å². The van der Waals surface area contributed by atoms with Crippen molar-refractivity contribution in [1.82, 2.24) is 4.90 Å². The summed E-state index contributed by atoms with van der Waals surface area (Å²) in [6.07, 6.45) is 6.68. The Morgan fingerprint density at radius 3 is 2.40 bits per heavy atom. The van der Waals surface area contributed by atoms with Gasteiger partial charge in [0.15, 0.2) is 0 Å². The molecule has 2 nitrogen and oxygen atoms in total. The summed E-state index contributed by atoms with van der Waals surface area (Å²) in [5.41, 5.74) is 5.92. The number of nitrogens with two attached hydrogens (primary N) is 1. The second kappa shape index (κ2) is 6.49. The summed E-state index contributed by atoms with van der Waals surface area (Å²) < 4.78 is 0. The zero-order valence-corrected chi connectivity index (χ0v) is 10.7. The smallest absolute Gasteiger partial charge is 0.0223 e. The molecular formula is C13H28N2. The fourth-order valence-corrected chi connectivity index (χ4v) is 2.32. The molecule has 1 rings (SSSR count). The average molecular weight is 212 g/mol. The Kier molecular flexibility index (Phi) is 5.62. The highest BCUT2D eigenvalue weighted by Gasteiger charge is 2.32. The standard InChI is InChI=1S/C13H28N2/c1-4-5-8-15(12-6-7-12)13(10-14)9-11(2)3/h11-13H,4-10,14H2,1-3H3. The number of unbranched alkanes of at least 4 members (excludes halogenated alkanes) is 1. The summed E-state index contributed by atoms with van der Waals surface area (Å²) >= 11 is 0. The van der Waals surface area contributed by atoms with Crippen molar-refractivity contribution in [2.24, 2.45) is 11.7 Å².